The van der Waals surface area contributed by atoms with Gasteiger partial charge in [0.15, 0.2) is 11.4 Å². The lowest BCUT2D eigenvalue weighted by Crippen LogP contribution is -2.58. The number of allylic oxidation sites excluding steroid dienone is 1. The van der Waals surface area contributed by atoms with Gasteiger partial charge in [0.05, 0.1) is 0 Å². The molecule has 0 amide bonds. The minimum Gasteiger partial charge on any atom is -0.458 e. The predicted octanol–water partition coefficient (Wildman–Crippen LogP) is 4.77. The molecule has 0 unspecified atom stereocenters. The van der Waals surface area contributed by atoms with Crippen molar-refractivity contribution in [3.63, 3.8) is 0 Å². The first-order valence-corrected chi connectivity index (χ1v) is 11.6. The fourth-order valence-corrected chi connectivity index (χ4v) is 8.06. The Kier molecular flexibility index (Phi) is 5.18. The number of ether oxygens (including phenoxy) is 2. The van der Waals surface area contributed by atoms with Crippen LogP contribution >= 0.6 is 0 Å². The van der Waals surface area contributed by atoms with Crippen LogP contribution in [0.5, 0.6) is 0 Å². The molecule has 7 atom stereocenters. The van der Waals surface area contributed by atoms with E-state index in [1.54, 1.807) is 6.92 Å². The summed E-state index contributed by atoms with van der Waals surface area (Å²) in [6.07, 6.45) is 9.78. The standard InChI is InChI=1S/C25H36O5/c1-15(26)25(30-17(3)28)13-10-22-20-7-6-18-14-19(29-16(2)27)8-11-23(18,4)21(20)9-12-24(22,25)5/h14,19-22H,6-13H2,1-5H3/t19-,20-,21-,22+,23-,24-,25-/m0/s1. The van der Waals surface area contributed by atoms with E-state index >= 15 is 0 Å². The van der Waals surface area contributed by atoms with Gasteiger partial charge in [0.2, 0.25) is 0 Å². The SMILES string of the molecule is CC(=O)O[C@@H]1C=C2CC[C@@H]3[C@H]4CC[C@](OC(C)=O)(C(C)=O)[C@@]4(C)CC[C@@H]3[C@@]2(C)CC1. The van der Waals surface area contributed by atoms with E-state index in [-0.39, 0.29) is 34.7 Å². The number of ketones is 1. The van der Waals surface area contributed by atoms with Gasteiger partial charge < -0.3 is 9.47 Å². The summed E-state index contributed by atoms with van der Waals surface area (Å²) in [5.74, 6) is 0.981. The zero-order chi connectivity index (χ0) is 21.9. The van der Waals surface area contributed by atoms with Crippen LogP contribution in [0.25, 0.3) is 0 Å². The average molecular weight is 417 g/mol. The second-order valence-electron chi connectivity index (χ2n) is 10.7. The van der Waals surface area contributed by atoms with Crippen molar-refractivity contribution in [2.45, 2.75) is 97.7 Å². The molecule has 0 radical (unpaired) electrons. The Morgan fingerprint density at radius 2 is 1.60 bits per heavy atom. The number of fused-ring (bicyclic) bond motifs is 5. The fraction of sp³-hybridized carbons (Fsp3) is 0.800. The number of rotatable bonds is 3. The first-order valence-electron chi connectivity index (χ1n) is 11.6. The first kappa shape index (κ1) is 21.6. The number of hydrogen-bond acceptors (Lipinski definition) is 5. The van der Waals surface area contributed by atoms with E-state index in [2.05, 4.69) is 19.9 Å². The summed E-state index contributed by atoms with van der Waals surface area (Å²) in [5.41, 5.74) is 0.362. The Morgan fingerprint density at radius 3 is 2.23 bits per heavy atom. The van der Waals surface area contributed by atoms with Crippen LogP contribution in [-0.2, 0) is 23.9 Å². The fourth-order valence-electron chi connectivity index (χ4n) is 8.06. The van der Waals surface area contributed by atoms with Gasteiger partial charge in [0.1, 0.15) is 6.10 Å². The normalized spacial score (nSPS) is 44.8. The third-order valence-corrected chi connectivity index (χ3v) is 9.39. The third kappa shape index (κ3) is 2.98. The maximum atomic E-state index is 12.8. The van der Waals surface area contributed by atoms with Crippen LogP contribution in [-0.4, -0.2) is 29.4 Å². The van der Waals surface area contributed by atoms with Crippen molar-refractivity contribution in [2.75, 3.05) is 0 Å². The van der Waals surface area contributed by atoms with Gasteiger partial charge in [0.25, 0.3) is 0 Å². The lowest BCUT2D eigenvalue weighted by atomic mass is 9.46. The van der Waals surface area contributed by atoms with Gasteiger partial charge in [-0.15, -0.1) is 0 Å². The Hall–Kier alpha value is -1.65. The van der Waals surface area contributed by atoms with E-state index in [1.165, 1.54) is 19.4 Å². The zero-order valence-electron chi connectivity index (χ0n) is 19.1. The van der Waals surface area contributed by atoms with Gasteiger partial charge in [-0.3, -0.25) is 14.4 Å². The van der Waals surface area contributed by atoms with Gasteiger partial charge >= 0.3 is 11.9 Å². The molecule has 0 aromatic carbocycles. The van der Waals surface area contributed by atoms with Gasteiger partial charge in [-0.05, 0) is 87.5 Å². The summed E-state index contributed by atoms with van der Waals surface area (Å²) in [6.45, 7) is 9.11. The van der Waals surface area contributed by atoms with Gasteiger partial charge in [-0.25, -0.2) is 0 Å². The molecule has 0 spiro atoms. The van der Waals surface area contributed by atoms with Crippen molar-refractivity contribution in [1.29, 1.82) is 0 Å². The third-order valence-electron chi connectivity index (χ3n) is 9.39. The Labute approximate surface area is 179 Å². The molecule has 3 saturated carbocycles. The molecule has 3 fully saturated rings. The molecule has 0 bridgehead atoms. The minimum atomic E-state index is -0.960. The topological polar surface area (TPSA) is 69.7 Å². The highest BCUT2D eigenvalue weighted by Crippen LogP contribution is 2.68. The van der Waals surface area contributed by atoms with Crippen LogP contribution < -0.4 is 0 Å². The van der Waals surface area contributed by atoms with Crippen LogP contribution in [0.2, 0.25) is 0 Å². The van der Waals surface area contributed by atoms with Crippen molar-refractivity contribution in [1.82, 2.24) is 0 Å². The summed E-state index contributed by atoms with van der Waals surface area (Å²) in [4.78, 5) is 36.2. The van der Waals surface area contributed by atoms with Crippen LogP contribution in [0.4, 0.5) is 0 Å². The molecule has 0 aliphatic heterocycles. The number of hydrogen-bond donors (Lipinski definition) is 0. The molecular weight excluding hydrogens is 380 g/mol. The smallest absolute Gasteiger partial charge is 0.303 e. The van der Waals surface area contributed by atoms with Crippen LogP contribution in [0.3, 0.4) is 0 Å². The quantitative estimate of drug-likeness (QED) is 0.489. The maximum absolute atomic E-state index is 12.8. The van der Waals surface area contributed by atoms with E-state index in [1.807, 2.05) is 0 Å². The summed E-state index contributed by atoms with van der Waals surface area (Å²) in [6, 6.07) is 0. The molecule has 0 N–H and O–H groups in total. The summed E-state index contributed by atoms with van der Waals surface area (Å²) in [7, 11) is 0. The van der Waals surface area contributed by atoms with Crippen molar-refractivity contribution >= 4 is 17.7 Å². The second kappa shape index (κ2) is 7.20. The van der Waals surface area contributed by atoms with E-state index in [0.29, 0.717) is 24.2 Å². The maximum Gasteiger partial charge on any atom is 0.303 e. The second-order valence-corrected chi connectivity index (χ2v) is 10.7. The molecule has 4 rings (SSSR count). The van der Waals surface area contributed by atoms with E-state index in [4.69, 9.17) is 9.47 Å². The van der Waals surface area contributed by atoms with Crippen molar-refractivity contribution in [3.8, 4) is 0 Å². The van der Waals surface area contributed by atoms with Gasteiger partial charge in [0, 0.05) is 19.3 Å². The first-order chi connectivity index (χ1) is 14.0. The zero-order valence-corrected chi connectivity index (χ0v) is 19.1. The monoisotopic (exact) mass is 416 g/mol. The minimum absolute atomic E-state index is 0.00523. The van der Waals surface area contributed by atoms with Crippen molar-refractivity contribution in [3.05, 3.63) is 11.6 Å². The van der Waals surface area contributed by atoms with Crippen LogP contribution in [0, 0.1) is 28.6 Å². The molecule has 0 saturated heterocycles. The Balaban J connectivity index is 1.63. The van der Waals surface area contributed by atoms with Crippen molar-refractivity contribution in [2.24, 2.45) is 28.6 Å². The molecule has 4 aliphatic carbocycles. The molecule has 0 aromatic heterocycles. The lowest BCUT2D eigenvalue weighted by Gasteiger charge is -2.59. The number of esters is 2. The van der Waals surface area contributed by atoms with Crippen LogP contribution in [0.15, 0.2) is 11.6 Å². The van der Waals surface area contributed by atoms with E-state index in [0.717, 1.165) is 44.9 Å². The Morgan fingerprint density at radius 1 is 0.900 bits per heavy atom. The Bertz CT molecular complexity index is 799. The summed E-state index contributed by atoms with van der Waals surface area (Å²) < 4.78 is 11.3. The largest absolute Gasteiger partial charge is 0.458 e. The predicted molar refractivity (Wildman–Crippen MR) is 112 cm³/mol. The average Bonchev–Trinajstić information content (AvgIpc) is 2.94. The van der Waals surface area contributed by atoms with Crippen molar-refractivity contribution < 1.29 is 23.9 Å². The number of carbonyl (C=O) groups is 3. The molecule has 0 aromatic rings. The lowest BCUT2D eigenvalue weighted by molar-refractivity contribution is -0.187. The summed E-state index contributed by atoms with van der Waals surface area (Å²) >= 11 is 0. The van der Waals surface area contributed by atoms with Crippen LogP contribution in [0.1, 0.15) is 86.0 Å². The number of Topliss-reactive ketones (excluding diaryl/α,β-unsaturated/α-hetero) is 1. The van der Waals surface area contributed by atoms with Gasteiger partial charge in [-0.1, -0.05) is 19.4 Å². The highest BCUT2D eigenvalue weighted by Gasteiger charge is 2.67. The van der Waals surface area contributed by atoms with Gasteiger partial charge in [-0.2, -0.15) is 0 Å². The molecule has 4 aliphatic rings. The number of carbonyl (C=O) groups excluding carboxylic acids is 3. The molecule has 0 heterocycles. The molecule has 166 valence electrons. The molecule has 5 heteroatoms. The molecular formula is C25H36O5. The molecule has 30 heavy (non-hydrogen) atoms. The highest BCUT2D eigenvalue weighted by atomic mass is 16.6. The van der Waals surface area contributed by atoms with E-state index in [9.17, 15) is 14.4 Å². The molecule has 5 nitrogen and oxygen atoms in total. The summed E-state index contributed by atoms with van der Waals surface area (Å²) in [5, 5.41) is 0. The highest BCUT2D eigenvalue weighted by molar-refractivity contribution is 5.89. The van der Waals surface area contributed by atoms with E-state index < -0.39 is 5.60 Å².